The second-order valence-corrected chi connectivity index (χ2v) is 13.1. The Morgan fingerprint density at radius 1 is 0.292 bits per heavy atom. The van der Waals surface area contributed by atoms with Crippen LogP contribution in [-0.2, 0) is 0 Å². The van der Waals surface area contributed by atoms with E-state index in [0.29, 0.717) is 21.4 Å². The van der Waals surface area contributed by atoms with Crippen LogP contribution in [-0.4, -0.2) is 35.3 Å². The van der Waals surface area contributed by atoms with Gasteiger partial charge in [0.1, 0.15) is 22.8 Å². The van der Waals surface area contributed by atoms with Gasteiger partial charge < -0.3 is 0 Å². The highest BCUT2D eigenvalue weighted by atomic mass is 32.1. The molecule has 5 aromatic heterocycles. The van der Waals surface area contributed by atoms with Crippen LogP contribution in [0.5, 0.6) is 0 Å². The summed E-state index contributed by atoms with van der Waals surface area (Å²) in [5, 5.41) is 25.5. The minimum atomic E-state index is 0.707. The Morgan fingerprint density at radius 3 is 1.02 bits per heavy atom. The van der Waals surface area contributed by atoms with Crippen molar-refractivity contribution in [1.29, 1.82) is 0 Å². The highest BCUT2D eigenvalue weighted by Crippen LogP contribution is 2.35. The van der Waals surface area contributed by atoms with Crippen molar-refractivity contribution in [2.75, 3.05) is 0 Å². The third kappa shape index (κ3) is 5.21. The summed E-state index contributed by atoms with van der Waals surface area (Å²) in [6.07, 6.45) is 0. The first kappa shape index (κ1) is 28.2. The van der Waals surface area contributed by atoms with Gasteiger partial charge in [-0.2, -0.15) is 0 Å². The van der Waals surface area contributed by atoms with Gasteiger partial charge in [-0.05, 0) is 57.9 Å². The zero-order valence-corrected chi connectivity index (χ0v) is 26.9. The largest absolute Gasteiger partial charge is 0.245 e. The van der Waals surface area contributed by atoms with E-state index in [2.05, 4.69) is 105 Å². The molecule has 0 bridgehead atoms. The quantitative estimate of drug-likeness (QED) is 0.176. The normalized spacial score (nSPS) is 11.3. The molecule has 0 radical (unpaired) electrons. The first-order chi connectivity index (χ1) is 23.8. The first-order valence-electron chi connectivity index (χ1n) is 15.3. The van der Waals surface area contributed by atoms with Crippen molar-refractivity contribution in [3.8, 4) is 65.3 Å². The maximum absolute atomic E-state index is 4.97. The molecular formula is C39H23N7S2. The predicted octanol–water partition coefficient (Wildman–Crippen LogP) is 9.88. The van der Waals surface area contributed by atoms with E-state index in [9.17, 15) is 0 Å². The van der Waals surface area contributed by atoms with Gasteiger partial charge in [0, 0.05) is 11.1 Å². The van der Waals surface area contributed by atoms with E-state index in [4.69, 9.17) is 15.0 Å². The van der Waals surface area contributed by atoms with E-state index in [1.54, 1.807) is 0 Å². The maximum atomic E-state index is 4.97. The van der Waals surface area contributed by atoms with E-state index in [-0.39, 0.29) is 0 Å². The second-order valence-electron chi connectivity index (χ2n) is 11.1. The average Bonchev–Trinajstić information content (AvgIpc) is 3.86. The fourth-order valence-electron chi connectivity index (χ4n) is 5.84. The molecule has 0 N–H and O–H groups in total. The SMILES string of the molecule is c1cc(-c2nnc(-c3cccc(-c4cccc5ccccc45)n3)s2)nc(-c2nnc(-c3cccc(-c4cccc5ccccc45)n3)s2)c1. The average molecular weight is 654 g/mol. The fraction of sp³-hybridized carbons (Fsp3) is 0. The number of benzene rings is 4. The molecule has 0 unspecified atom stereocenters. The molecule has 0 amide bonds. The van der Waals surface area contributed by atoms with E-state index in [1.807, 2.05) is 54.6 Å². The maximum Gasteiger partial charge on any atom is 0.166 e. The van der Waals surface area contributed by atoms with Crippen LogP contribution in [0.1, 0.15) is 0 Å². The molecule has 0 spiro atoms. The van der Waals surface area contributed by atoms with E-state index >= 15 is 0 Å². The first-order valence-corrected chi connectivity index (χ1v) is 17.0. The number of hydrogen-bond acceptors (Lipinski definition) is 9. The molecule has 9 rings (SSSR count). The number of nitrogens with zero attached hydrogens (tertiary/aromatic N) is 7. The lowest BCUT2D eigenvalue weighted by molar-refractivity contribution is 1.07. The molecule has 0 atom stereocenters. The van der Waals surface area contributed by atoms with Gasteiger partial charge in [0.2, 0.25) is 0 Å². The topological polar surface area (TPSA) is 90.2 Å². The molecule has 0 saturated heterocycles. The van der Waals surface area contributed by atoms with Crippen molar-refractivity contribution >= 4 is 44.2 Å². The lowest BCUT2D eigenvalue weighted by atomic mass is 10.0. The second kappa shape index (κ2) is 12.0. The summed E-state index contributed by atoms with van der Waals surface area (Å²) in [5.41, 5.74) is 6.93. The number of aromatic nitrogens is 7. The summed E-state index contributed by atoms with van der Waals surface area (Å²) in [4.78, 5) is 14.8. The van der Waals surface area contributed by atoms with Gasteiger partial charge in [-0.15, -0.1) is 20.4 Å². The van der Waals surface area contributed by atoms with Gasteiger partial charge >= 0.3 is 0 Å². The summed E-state index contributed by atoms with van der Waals surface area (Å²) in [7, 11) is 0. The molecule has 9 heteroatoms. The smallest absolute Gasteiger partial charge is 0.166 e. The third-order valence-corrected chi connectivity index (χ3v) is 10.0. The van der Waals surface area contributed by atoms with Gasteiger partial charge in [0.25, 0.3) is 0 Å². The Balaban J connectivity index is 0.996. The van der Waals surface area contributed by atoms with Crippen molar-refractivity contribution in [2.45, 2.75) is 0 Å². The van der Waals surface area contributed by atoms with Crippen LogP contribution in [0, 0.1) is 0 Å². The van der Waals surface area contributed by atoms with Gasteiger partial charge in [-0.1, -0.05) is 126 Å². The monoisotopic (exact) mass is 653 g/mol. The summed E-state index contributed by atoms with van der Waals surface area (Å²) < 4.78 is 0. The van der Waals surface area contributed by atoms with Gasteiger partial charge in [-0.3, -0.25) is 0 Å². The fourth-order valence-corrected chi connectivity index (χ4v) is 7.40. The Morgan fingerprint density at radius 2 is 0.604 bits per heavy atom. The molecule has 226 valence electrons. The molecule has 0 aliphatic carbocycles. The van der Waals surface area contributed by atoms with Crippen LogP contribution in [0.2, 0.25) is 0 Å². The van der Waals surface area contributed by atoms with E-state index in [1.165, 1.54) is 33.4 Å². The number of hydrogen-bond donors (Lipinski definition) is 0. The third-order valence-electron chi connectivity index (χ3n) is 8.10. The molecule has 0 saturated carbocycles. The Hall–Kier alpha value is -6.03. The Bertz CT molecular complexity index is 2420. The Labute approximate surface area is 283 Å². The molecule has 7 nitrogen and oxygen atoms in total. The van der Waals surface area contributed by atoms with Crippen molar-refractivity contribution in [1.82, 2.24) is 35.3 Å². The zero-order chi connectivity index (χ0) is 31.9. The predicted molar refractivity (Wildman–Crippen MR) is 194 cm³/mol. The van der Waals surface area contributed by atoms with Crippen LogP contribution in [0.25, 0.3) is 86.9 Å². The molecule has 0 aliphatic rings. The zero-order valence-electron chi connectivity index (χ0n) is 25.2. The van der Waals surface area contributed by atoms with E-state index < -0.39 is 0 Å². The van der Waals surface area contributed by atoms with Crippen LogP contribution in [0.3, 0.4) is 0 Å². The molecule has 5 heterocycles. The molecule has 4 aromatic carbocycles. The lowest BCUT2D eigenvalue weighted by Crippen LogP contribution is -1.88. The molecule has 48 heavy (non-hydrogen) atoms. The molecule has 0 aliphatic heterocycles. The van der Waals surface area contributed by atoms with Crippen LogP contribution in [0.15, 0.2) is 140 Å². The lowest BCUT2D eigenvalue weighted by Gasteiger charge is -2.07. The van der Waals surface area contributed by atoms with Crippen molar-refractivity contribution < 1.29 is 0 Å². The van der Waals surface area contributed by atoms with Gasteiger partial charge in [-0.25, -0.2) is 15.0 Å². The number of pyridine rings is 3. The number of rotatable bonds is 6. The summed E-state index contributed by atoms with van der Waals surface area (Å²) in [6, 6.07) is 47.1. The summed E-state index contributed by atoms with van der Waals surface area (Å²) in [5.74, 6) is 0. The minimum Gasteiger partial charge on any atom is -0.245 e. The summed E-state index contributed by atoms with van der Waals surface area (Å²) >= 11 is 2.93. The van der Waals surface area contributed by atoms with Crippen LogP contribution >= 0.6 is 22.7 Å². The van der Waals surface area contributed by atoms with E-state index in [0.717, 1.165) is 54.7 Å². The Kier molecular flexibility index (Phi) is 7.03. The standard InChI is InChI=1S/C39H23N7S2/c1-3-14-26-24(10-1)12-5-16-28(26)30-18-7-20-32(40-30)36-43-45-38(47-36)34-22-9-23-35(42-34)39-46-44-37(48-39)33-21-8-19-31(41-33)29-17-6-13-25-11-2-4-15-27(25)29/h1-23H. The van der Waals surface area contributed by atoms with Gasteiger partial charge in [0.15, 0.2) is 20.0 Å². The highest BCUT2D eigenvalue weighted by Gasteiger charge is 2.16. The summed E-state index contributed by atoms with van der Waals surface area (Å²) in [6.45, 7) is 0. The van der Waals surface area contributed by atoms with Crippen molar-refractivity contribution in [2.24, 2.45) is 0 Å². The van der Waals surface area contributed by atoms with Crippen LogP contribution < -0.4 is 0 Å². The van der Waals surface area contributed by atoms with Gasteiger partial charge in [0.05, 0.1) is 11.4 Å². The highest BCUT2D eigenvalue weighted by molar-refractivity contribution is 7.18. The minimum absolute atomic E-state index is 0.707. The molecular weight excluding hydrogens is 631 g/mol. The molecule has 9 aromatic rings. The number of fused-ring (bicyclic) bond motifs is 2. The van der Waals surface area contributed by atoms with Crippen molar-refractivity contribution in [3.05, 3.63) is 140 Å². The van der Waals surface area contributed by atoms with Crippen LogP contribution in [0.4, 0.5) is 0 Å². The van der Waals surface area contributed by atoms with Crippen molar-refractivity contribution in [3.63, 3.8) is 0 Å². The molecule has 0 fully saturated rings.